The van der Waals surface area contributed by atoms with Crippen molar-refractivity contribution >= 4 is 23.3 Å². The van der Waals surface area contributed by atoms with Crippen LogP contribution in [0.3, 0.4) is 0 Å². The summed E-state index contributed by atoms with van der Waals surface area (Å²) in [4.78, 5) is 11.1. The fourth-order valence-corrected chi connectivity index (χ4v) is 1.37. The van der Waals surface area contributed by atoms with Crippen molar-refractivity contribution in [2.75, 3.05) is 11.2 Å². The average molecular weight is 240 g/mol. The molecule has 0 saturated carbocycles. The van der Waals surface area contributed by atoms with Crippen LogP contribution in [-0.2, 0) is 11.8 Å². The first-order chi connectivity index (χ1) is 7.70. The Bertz CT molecular complexity index is 490. The first-order valence-corrected chi connectivity index (χ1v) is 5.18. The summed E-state index contributed by atoms with van der Waals surface area (Å²) in [5.74, 6) is 0.885. The number of carbonyl (C=O) groups excluding carboxylic acids is 1. The summed E-state index contributed by atoms with van der Waals surface area (Å²) >= 11 is 5.40. The van der Waals surface area contributed by atoms with Crippen molar-refractivity contribution in [2.24, 2.45) is 7.05 Å². The lowest BCUT2D eigenvalue weighted by atomic mass is 10.3. The van der Waals surface area contributed by atoms with E-state index in [2.05, 4.69) is 10.4 Å². The van der Waals surface area contributed by atoms with Gasteiger partial charge in [-0.3, -0.25) is 9.48 Å². The van der Waals surface area contributed by atoms with Gasteiger partial charge >= 0.3 is 0 Å². The fourth-order valence-electron chi connectivity index (χ4n) is 1.31. The first kappa shape index (κ1) is 10.8. The van der Waals surface area contributed by atoms with E-state index < -0.39 is 0 Å². The van der Waals surface area contributed by atoms with Gasteiger partial charge in [-0.15, -0.1) is 11.6 Å². The predicted octanol–water partition coefficient (Wildman–Crippen LogP) is 1.86. The Morgan fingerprint density at radius 2 is 2.50 bits per heavy atom. The monoisotopic (exact) mass is 239 g/mol. The van der Waals surface area contributed by atoms with E-state index in [9.17, 15) is 4.79 Å². The fraction of sp³-hybridized carbons (Fsp3) is 0.200. The average Bonchev–Trinajstić information content (AvgIpc) is 2.88. The molecule has 0 saturated heterocycles. The van der Waals surface area contributed by atoms with Gasteiger partial charge in [0, 0.05) is 13.1 Å². The molecule has 2 heterocycles. The third-order valence-electron chi connectivity index (χ3n) is 2.04. The number of aryl methyl sites for hydroxylation is 1. The minimum Gasteiger partial charge on any atom is -0.463 e. The first-order valence-electron chi connectivity index (χ1n) is 4.64. The van der Waals surface area contributed by atoms with Gasteiger partial charge in [-0.1, -0.05) is 0 Å². The molecule has 0 unspecified atom stereocenters. The van der Waals surface area contributed by atoms with E-state index in [1.54, 1.807) is 36.2 Å². The van der Waals surface area contributed by atoms with Crippen LogP contribution in [0.15, 0.2) is 28.9 Å². The molecule has 16 heavy (non-hydrogen) atoms. The van der Waals surface area contributed by atoms with Crippen LogP contribution < -0.4 is 5.32 Å². The maximum Gasteiger partial charge on any atom is 0.240 e. The van der Waals surface area contributed by atoms with Gasteiger partial charge in [-0.05, 0) is 12.1 Å². The molecular weight excluding hydrogens is 230 g/mol. The zero-order chi connectivity index (χ0) is 11.5. The molecule has 2 aromatic heterocycles. The van der Waals surface area contributed by atoms with E-state index >= 15 is 0 Å². The molecule has 0 atom stereocenters. The molecule has 0 radical (unpaired) electrons. The maximum atomic E-state index is 11.1. The van der Waals surface area contributed by atoms with Crippen LogP contribution in [0.2, 0.25) is 0 Å². The summed E-state index contributed by atoms with van der Waals surface area (Å²) in [6.07, 6.45) is 1.57. The summed E-state index contributed by atoms with van der Waals surface area (Å²) in [5, 5.41) is 6.84. The van der Waals surface area contributed by atoms with Gasteiger partial charge in [0.1, 0.15) is 17.4 Å². The Morgan fingerprint density at radius 3 is 3.12 bits per heavy atom. The van der Waals surface area contributed by atoms with Crippen LogP contribution in [0, 0.1) is 0 Å². The molecule has 2 aromatic rings. The zero-order valence-electron chi connectivity index (χ0n) is 8.61. The molecule has 0 bridgehead atoms. The highest BCUT2D eigenvalue weighted by molar-refractivity contribution is 6.29. The molecule has 2 rings (SSSR count). The SMILES string of the molecule is Cn1nc(-c2ccco2)cc1NC(=O)CCl. The number of nitrogens with one attached hydrogen (secondary N) is 1. The van der Waals surface area contributed by atoms with Crippen molar-refractivity contribution in [3.8, 4) is 11.5 Å². The third-order valence-corrected chi connectivity index (χ3v) is 2.29. The quantitative estimate of drug-likeness (QED) is 0.832. The van der Waals surface area contributed by atoms with E-state index in [0.717, 1.165) is 0 Å². The largest absolute Gasteiger partial charge is 0.463 e. The Balaban J connectivity index is 2.25. The number of carbonyl (C=O) groups is 1. The van der Waals surface area contributed by atoms with Gasteiger partial charge in [0.25, 0.3) is 0 Å². The van der Waals surface area contributed by atoms with Crippen LogP contribution >= 0.6 is 11.6 Å². The van der Waals surface area contributed by atoms with Crippen LogP contribution in [0.25, 0.3) is 11.5 Å². The number of alkyl halides is 1. The molecule has 5 nitrogen and oxygen atoms in total. The molecule has 0 spiro atoms. The molecule has 1 amide bonds. The summed E-state index contributed by atoms with van der Waals surface area (Å²) in [6.45, 7) is 0. The number of furan rings is 1. The number of hydrogen-bond acceptors (Lipinski definition) is 3. The standard InChI is InChI=1S/C10H10ClN3O2/c1-14-9(12-10(15)6-11)5-7(13-14)8-3-2-4-16-8/h2-5H,6H2,1H3,(H,12,15). The number of rotatable bonds is 3. The third kappa shape index (κ3) is 2.09. The van der Waals surface area contributed by atoms with Gasteiger partial charge < -0.3 is 9.73 Å². The smallest absolute Gasteiger partial charge is 0.240 e. The molecule has 0 fully saturated rings. The lowest BCUT2D eigenvalue weighted by Gasteiger charge is -2.00. The second-order valence-electron chi connectivity index (χ2n) is 3.20. The Kier molecular flexibility index (Phi) is 2.96. The van der Waals surface area contributed by atoms with Crippen LogP contribution in [0.4, 0.5) is 5.82 Å². The van der Waals surface area contributed by atoms with Crippen LogP contribution in [0.5, 0.6) is 0 Å². The van der Waals surface area contributed by atoms with Crippen molar-refractivity contribution in [3.05, 3.63) is 24.5 Å². The van der Waals surface area contributed by atoms with Crippen molar-refractivity contribution in [3.63, 3.8) is 0 Å². The Morgan fingerprint density at radius 1 is 1.69 bits per heavy atom. The van der Waals surface area contributed by atoms with E-state index in [4.69, 9.17) is 16.0 Å². The molecular formula is C10H10ClN3O2. The van der Waals surface area contributed by atoms with Gasteiger partial charge in [0.2, 0.25) is 5.91 Å². The van der Waals surface area contributed by atoms with Gasteiger partial charge in [0.15, 0.2) is 5.76 Å². The number of aromatic nitrogens is 2. The van der Waals surface area contributed by atoms with E-state index in [1.165, 1.54) is 0 Å². The highest BCUT2D eigenvalue weighted by atomic mass is 35.5. The van der Waals surface area contributed by atoms with Gasteiger partial charge in [0.05, 0.1) is 6.26 Å². The maximum absolute atomic E-state index is 11.1. The molecule has 84 valence electrons. The molecule has 6 heteroatoms. The van der Waals surface area contributed by atoms with E-state index in [1.807, 2.05) is 0 Å². The Labute approximate surface area is 97.0 Å². The molecule has 0 aliphatic heterocycles. The van der Waals surface area contributed by atoms with Crippen molar-refractivity contribution < 1.29 is 9.21 Å². The molecule has 0 aliphatic carbocycles. The van der Waals surface area contributed by atoms with Crippen molar-refractivity contribution in [2.45, 2.75) is 0 Å². The molecule has 0 aromatic carbocycles. The van der Waals surface area contributed by atoms with Gasteiger partial charge in [-0.2, -0.15) is 5.10 Å². The predicted molar refractivity (Wildman–Crippen MR) is 60.3 cm³/mol. The number of halogens is 1. The van der Waals surface area contributed by atoms with Crippen LogP contribution in [-0.4, -0.2) is 21.6 Å². The minimum atomic E-state index is -0.268. The van der Waals surface area contributed by atoms with Gasteiger partial charge in [-0.25, -0.2) is 0 Å². The second kappa shape index (κ2) is 4.40. The molecule has 1 N–H and O–H groups in total. The van der Waals surface area contributed by atoms with Crippen molar-refractivity contribution in [1.82, 2.24) is 9.78 Å². The lowest BCUT2D eigenvalue weighted by Crippen LogP contribution is -2.15. The number of amides is 1. The highest BCUT2D eigenvalue weighted by Gasteiger charge is 2.10. The van der Waals surface area contributed by atoms with Crippen molar-refractivity contribution in [1.29, 1.82) is 0 Å². The summed E-state index contributed by atoms with van der Waals surface area (Å²) in [5.41, 5.74) is 0.664. The zero-order valence-corrected chi connectivity index (χ0v) is 9.36. The molecule has 0 aliphatic rings. The topological polar surface area (TPSA) is 60.1 Å². The summed E-state index contributed by atoms with van der Waals surface area (Å²) < 4.78 is 6.76. The summed E-state index contributed by atoms with van der Waals surface area (Å²) in [7, 11) is 1.73. The second-order valence-corrected chi connectivity index (χ2v) is 3.46. The number of anilines is 1. The minimum absolute atomic E-state index is 0.0821. The Hall–Kier alpha value is -1.75. The lowest BCUT2D eigenvalue weighted by molar-refractivity contribution is -0.114. The van der Waals surface area contributed by atoms with E-state index in [0.29, 0.717) is 17.3 Å². The van der Waals surface area contributed by atoms with Crippen LogP contribution in [0.1, 0.15) is 0 Å². The number of hydrogen-bond donors (Lipinski definition) is 1. The van der Waals surface area contributed by atoms with E-state index in [-0.39, 0.29) is 11.8 Å². The normalized spacial score (nSPS) is 10.4. The number of nitrogens with zero attached hydrogens (tertiary/aromatic N) is 2. The summed E-state index contributed by atoms with van der Waals surface area (Å²) in [6, 6.07) is 5.31. The highest BCUT2D eigenvalue weighted by Crippen LogP contribution is 2.21.